The van der Waals surface area contributed by atoms with Crippen molar-refractivity contribution in [1.82, 2.24) is 0 Å². The maximum atomic E-state index is 12.3. The molecule has 1 aliphatic rings. The highest BCUT2D eigenvalue weighted by Crippen LogP contribution is 2.20. The van der Waals surface area contributed by atoms with E-state index in [0.717, 1.165) is 53.7 Å². The fourth-order valence-electron chi connectivity index (χ4n) is 3.57. The molecule has 6 heteroatoms. The van der Waals surface area contributed by atoms with Gasteiger partial charge < -0.3 is 26.9 Å². The summed E-state index contributed by atoms with van der Waals surface area (Å²) in [5.74, 6) is -0.0960. The molecule has 1 aliphatic heterocycles. The van der Waals surface area contributed by atoms with Gasteiger partial charge in [-0.1, -0.05) is 34.1 Å². The van der Waals surface area contributed by atoms with E-state index in [1.54, 1.807) is 0 Å². The number of hydrogen-bond acceptors (Lipinski definition) is 2. The van der Waals surface area contributed by atoms with Gasteiger partial charge >= 0.3 is 0 Å². The second kappa shape index (κ2) is 10.4. The van der Waals surface area contributed by atoms with Gasteiger partial charge in [0.1, 0.15) is 0 Å². The standard InChI is InChI=1S/C22H27BrN2O2.ClH/c1-25(2,21-11-14-27-15-12-21)13-10-17-6-8-20(9-7-17)24-22(26)18-4-3-5-19(23)16-18;/h3-9,16,21H,10-15H2,1-2H3;1H. The number of amides is 1. The van der Waals surface area contributed by atoms with Crippen molar-refractivity contribution >= 4 is 27.5 Å². The molecule has 1 saturated heterocycles. The molecule has 3 rings (SSSR count). The van der Waals surface area contributed by atoms with Crippen LogP contribution in [0.3, 0.4) is 0 Å². The van der Waals surface area contributed by atoms with Gasteiger partial charge in [-0.3, -0.25) is 4.79 Å². The highest BCUT2D eigenvalue weighted by Gasteiger charge is 2.29. The summed E-state index contributed by atoms with van der Waals surface area (Å²) in [5, 5.41) is 2.96. The van der Waals surface area contributed by atoms with Crippen LogP contribution in [0.15, 0.2) is 53.0 Å². The lowest BCUT2D eigenvalue weighted by Gasteiger charge is -2.40. The third kappa shape index (κ3) is 6.31. The van der Waals surface area contributed by atoms with Crippen LogP contribution in [0.2, 0.25) is 0 Å². The van der Waals surface area contributed by atoms with Gasteiger partial charge in [-0.2, -0.15) is 0 Å². The van der Waals surface area contributed by atoms with E-state index in [2.05, 4.69) is 47.5 Å². The average molecular weight is 468 g/mol. The van der Waals surface area contributed by atoms with Crippen LogP contribution >= 0.6 is 15.9 Å². The fourth-order valence-corrected chi connectivity index (χ4v) is 3.97. The van der Waals surface area contributed by atoms with Crippen LogP contribution in [0.1, 0.15) is 28.8 Å². The molecular formula is C22H28BrClN2O2. The highest BCUT2D eigenvalue weighted by molar-refractivity contribution is 9.10. The number of nitrogens with one attached hydrogen (secondary N) is 1. The summed E-state index contributed by atoms with van der Waals surface area (Å²) in [4.78, 5) is 12.3. The summed E-state index contributed by atoms with van der Waals surface area (Å²) >= 11 is 3.40. The Bertz CT molecular complexity index is 774. The largest absolute Gasteiger partial charge is 1.00 e. The highest BCUT2D eigenvalue weighted by atomic mass is 79.9. The Labute approximate surface area is 182 Å². The van der Waals surface area contributed by atoms with Crippen LogP contribution in [0.25, 0.3) is 0 Å². The van der Waals surface area contributed by atoms with Gasteiger partial charge in [0.05, 0.1) is 39.9 Å². The Morgan fingerprint density at radius 2 is 1.82 bits per heavy atom. The van der Waals surface area contributed by atoms with Crippen molar-refractivity contribution in [2.45, 2.75) is 25.3 Å². The van der Waals surface area contributed by atoms with E-state index in [4.69, 9.17) is 4.74 Å². The summed E-state index contributed by atoms with van der Waals surface area (Å²) in [6, 6.07) is 16.3. The molecule has 0 aromatic heterocycles. The quantitative estimate of drug-likeness (QED) is 0.654. The lowest BCUT2D eigenvalue weighted by molar-refractivity contribution is -0.916. The monoisotopic (exact) mass is 466 g/mol. The third-order valence-corrected chi connectivity index (χ3v) is 5.95. The normalized spacial score (nSPS) is 15.0. The number of rotatable bonds is 6. The molecule has 1 fully saturated rings. The maximum Gasteiger partial charge on any atom is 0.255 e. The molecule has 1 N–H and O–H groups in total. The first-order valence-electron chi connectivity index (χ1n) is 9.50. The van der Waals surface area contributed by atoms with Gasteiger partial charge in [-0.05, 0) is 35.9 Å². The molecule has 0 unspecified atom stereocenters. The molecule has 0 radical (unpaired) electrons. The van der Waals surface area contributed by atoms with Crippen molar-refractivity contribution in [2.75, 3.05) is 39.2 Å². The Balaban J connectivity index is 0.00000280. The Morgan fingerprint density at radius 3 is 2.46 bits per heavy atom. The maximum absolute atomic E-state index is 12.3. The van der Waals surface area contributed by atoms with Crippen LogP contribution in [-0.2, 0) is 11.2 Å². The number of likely N-dealkylation sites (N-methyl/N-ethyl adjacent to an activating group) is 1. The van der Waals surface area contributed by atoms with Gasteiger partial charge in [0.2, 0.25) is 0 Å². The summed E-state index contributed by atoms with van der Waals surface area (Å²) in [7, 11) is 4.64. The molecule has 0 atom stereocenters. The second-order valence-electron chi connectivity index (χ2n) is 7.76. The van der Waals surface area contributed by atoms with Crippen molar-refractivity contribution in [2.24, 2.45) is 0 Å². The van der Waals surface area contributed by atoms with Crippen molar-refractivity contribution in [3.63, 3.8) is 0 Å². The van der Waals surface area contributed by atoms with Gasteiger partial charge in [0.15, 0.2) is 0 Å². The van der Waals surface area contributed by atoms with E-state index >= 15 is 0 Å². The number of benzene rings is 2. The zero-order valence-corrected chi connectivity index (χ0v) is 18.8. The molecule has 0 saturated carbocycles. The van der Waals surface area contributed by atoms with Crippen molar-refractivity contribution in [3.8, 4) is 0 Å². The van der Waals surface area contributed by atoms with E-state index in [1.807, 2.05) is 36.4 Å². The molecule has 2 aromatic rings. The Morgan fingerprint density at radius 1 is 1.14 bits per heavy atom. The molecule has 0 bridgehead atoms. The van der Waals surface area contributed by atoms with Gasteiger partial charge in [0, 0.05) is 35.0 Å². The van der Waals surface area contributed by atoms with Crippen LogP contribution in [0, 0.1) is 0 Å². The van der Waals surface area contributed by atoms with E-state index in [0.29, 0.717) is 11.6 Å². The van der Waals surface area contributed by atoms with E-state index in [1.165, 1.54) is 5.56 Å². The number of nitrogens with zero attached hydrogens (tertiary/aromatic N) is 1. The van der Waals surface area contributed by atoms with Gasteiger partial charge in [-0.15, -0.1) is 0 Å². The number of anilines is 1. The molecule has 0 aliphatic carbocycles. The zero-order chi connectivity index (χ0) is 19.3. The molecule has 4 nitrogen and oxygen atoms in total. The number of hydrogen-bond donors (Lipinski definition) is 1. The smallest absolute Gasteiger partial charge is 0.255 e. The summed E-state index contributed by atoms with van der Waals surface area (Å²) in [6.45, 7) is 2.88. The van der Waals surface area contributed by atoms with E-state index < -0.39 is 0 Å². The first kappa shape index (κ1) is 22.9. The SMILES string of the molecule is C[N+](C)(CCc1ccc(NC(=O)c2cccc(Br)c2)cc1)C1CCOCC1.[Cl-]. The van der Waals surface area contributed by atoms with E-state index in [9.17, 15) is 4.79 Å². The molecular weight excluding hydrogens is 440 g/mol. The van der Waals surface area contributed by atoms with Crippen molar-refractivity contribution in [1.29, 1.82) is 0 Å². The summed E-state index contributed by atoms with van der Waals surface area (Å²) in [5.41, 5.74) is 2.76. The number of quaternary nitrogens is 1. The first-order chi connectivity index (χ1) is 12.9. The molecule has 1 heterocycles. The van der Waals surface area contributed by atoms with Gasteiger partial charge in [-0.25, -0.2) is 0 Å². The van der Waals surface area contributed by atoms with Crippen molar-refractivity contribution < 1.29 is 26.4 Å². The third-order valence-electron chi connectivity index (χ3n) is 5.45. The molecule has 2 aromatic carbocycles. The van der Waals surface area contributed by atoms with E-state index in [-0.39, 0.29) is 18.3 Å². The number of carbonyl (C=O) groups is 1. The molecule has 1 amide bonds. The number of carbonyl (C=O) groups excluding carboxylic acids is 1. The van der Waals surface area contributed by atoms with Crippen LogP contribution in [-0.4, -0.2) is 50.3 Å². The fraction of sp³-hybridized carbons (Fsp3) is 0.409. The van der Waals surface area contributed by atoms with Crippen LogP contribution in [0.5, 0.6) is 0 Å². The predicted molar refractivity (Wildman–Crippen MR) is 113 cm³/mol. The van der Waals surface area contributed by atoms with Crippen LogP contribution in [0.4, 0.5) is 5.69 Å². The minimum Gasteiger partial charge on any atom is -1.00 e. The molecule has 0 spiro atoms. The van der Waals surface area contributed by atoms with Crippen molar-refractivity contribution in [3.05, 3.63) is 64.1 Å². The molecule has 152 valence electrons. The second-order valence-corrected chi connectivity index (χ2v) is 8.67. The molecule has 28 heavy (non-hydrogen) atoms. The lowest BCUT2D eigenvalue weighted by Crippen LogP contribution is -3.00. The number of halogens is 2. The summed E-state index contributed by atoms with van der Waals surface area (Å²) in [6.07, 6.45) is 3.32. The first-order valence-corrected chi connectivity index (χ1v) is 10.3. The zero-order valence-electron chi connectivity index (χ0n) is 16.5. The average Bonchev–Trinajstić information content (AvgIpc) is 2.68. The predicted octanol–water partition coefficient (Wildman–Crippen LogP) is 1.50. The van der Waals surface area contributed by atoms with Gasteiger partial charge in [0.25, 0.3) is 5.91 Å². The minimum absolute atomic E-state index is 0. The lowest BCUT2D eigenvalue weighted by atomic mass is 10.0. The minimum atomic E-state index is -0.0960. The Kier molecular flexibility index (Phi) is 8.50. The van der Waals surface area contributed by atoms with Crippen LogP contribution < -0.4 is 17.7 Å². The summed E-state index contributed by atoms with van der Waals surface area (Å²) < 4.78 is 7.43. The Hall–Kier alpha value is -1.40. The topological polar surface area (TPSA) is 38.3 Å². The number of ether oxygens (including phenoxy) is 1.